The summed E-state index contributed by atoms with van der Waals surface area (Å²) in [6.45, 7) is 0. The van der Waals surface area contributed by atoms with E-state index in [1.54, 1.807) is 54.6 Å². The number of nitrogens with zero attached hydrogens (tertiary/aromatic N) is 3. The molecule has 1 amide bonds. The smallest absolute Gasteiger partial charge is 0.298 e. The van der Waals surface area contributed by atoms with Crippen molar-refractivity contribution in [2.24, 2.45) is 10.2 Å². The van der Waals surface area contributed by atoms with Gasteiger partial charge < -0.3 is 15.5 Å². The average Bonchev–Trinajstić information content (AvgIpc) is 2.84. The summed E-state index contributed by atoms with van der Waals surface area (Å²) in [5.41, 5.74) is -0.979. The second-order valence-corrected chi connectivity index (χ2v) is 8.79. The molecule has 4 rings (SSSR count). The third kappa shape index (κ3) is 5.93. The number of anilines is 1. The molecule has 0 fully saturated rings. The second kappa shape index (κ2) is 11.0. The first-order chi connectivity index (χ1) is 17.1. The zero-order valence-electron chi connectivity index (χ0n) is 19.1. The van der Waals surface area contributed by atoms with Gasteiger partial charge in [0.1, 0.15) is 22.0 Å². The summed E-state index contributed by atoms with van der Waals surface area (Å²) >= 11 is 0. The molecule has 0 unspecified atom stereocenters. The van der Waals surface area contributed by atoms with E-state index in [-0.39, 0.29) is 52.1 Å². The van der Waals surface area contributed by atoms with Gasteiger partial charge in [-0.1, -0.05) is 36.4 Å². The van der Waals surface area contributed by atoms with E-state index in [1.807, 2.05) is 0 Å². The molecule has 0 heterocycles. The van der Waals surface area contributed by atoms with E-state index in [4.69, 9.17) is 0 Å². The van der Waals surface area contributed by atoms with E-state index in [0.717, 1.165) is 6.07 Å². The van der Waals surface area contributed by atoms with E-state index >= 15 is 0 Å². The van der Waals surface area contributed by atoms with Crippen LogP contribution >= 0.6 is 0 Å². The van der Waals surface area contributed by atoms with E-state index in [1.165, 1.54) is 6.07 Å². The summed E-state index contributed by atoms with van der Waals surface area (Å²) in [5, 5.41) is 43.1. The topological polar surface area (TPSA) is 192 Å². The number of non-ortho nitro benzene ring substituents is 1. The number of nitro groups is 1. The maximum atomic E-state index is 12.7. The van der Waals surface area contributed by atoms with Crippen molar-refractivity contribution in [2.45, 2.75) is 4.90 Å². The third-order valence-electron chi connectivity index (χ3n) is 5.07. The summed E-state index contributed by atoms with van der Waals surface area (Å²) in [4.78, 5) is 21.8. The molecule has 37 heavy (non-hydrogen) atoms. The van der Waals surface area contributed by atoms with Crippen molar-refractivity contribution >= 4 is 79.1 Å². The normalized spacial score (nSPS) is 11.3. The SMILES string of the molecule is O=C(Nc1cccc2ccc(O)c(N=Nc3cc([N+](=O)[O-])cc(S(=O)(=O)O)c3O)c12)c1ccccc1.[Na]. The van der Waals surface area contributed by atoms with Crippen LogP contribution < -0.4 is 5.32 Å². The quantitative estimate of drug-likeness (QED) is 0.0904. The fourth-order valence-corrected chi connectivity index (χ4v) is 4.02. The van der Waals surface area contributed by atoms with Crippen molar-refractivity contribution < 1.29 is 32.9 Å². The van der Waals surface area contributed by atoms with E-state index < -0.39 is 43.0 Å². The minimum absolute atomic E-state index is 0. The van der Waals surface area contributed by atoms with Crippen molar-refractivity contribution in [3.8, 4) is 11.5 Å². The molecule has 0 aliphatic carbocycles. The van der Waals surface area contributed by atoms with Crippen LogP contribution in [-0.4, -0.2) is 63.6 Å². The van der Waals surface area contributed by atoms with E-state index in [0.29, 0.717) is 17.0 Å². The zero-order valence-corrected chi connectivity index (χ0v) is 21.9. The molecule has 0 atom stereocenters. The molecule has 0 saturated heterocycles. The third-order valence-corrected chi connectivity index (χ3v) is 5.93. The number of azo groups is 1. The first-order valence-corrected chi connectivity index (χ1v) is 11.5. The number of fused-ring (bicyclic) bond motifs is 1. The molecule has 0 aliphatic heterocycles. The number of rotatable bonds is 6. The van der Waals surface area contributed by atoms with Gasteiger partial charge in [-0.25, -0.2) is 0 Å². The molecule has 4 N–H and O–H groups in total. The molecule has 12 nitrogen and oxygen atoms in total. The number of amides is 1. The molecule has 0 bridgehead atoms. The number of phenolic OH excluding ortho intramolecular Hbond substituents is 2. The van der Waals surface area contributed by atoms with E-state index in [2.05, 4.69) is 15.5 Å². The summed E-state index contributed by atoms with van der Waals surface area (Å²) < 4.78 is 32.5. The van der Waals surface area contributed by atoms with Crippen molar-refractivity contribution in [3.05, 3.63) is 88.5 Å². The molecule has 0 aliphatic rings. The molecule has 0 saturated carbocycles. The summed E-state index contributed by atoms with van der Waals surface area (Å²) in [5.74, 6) is -1.90. The average molecular weight is 531 g/mol. The summed E-state index contributed by atoms with van der Waals surface area (Å²) in [6.07, 6.45) is 0. The van der Waals surface area contributed by atoms with Gasteiger partial charge in [0.25, 0.3) is 21.7 Å². The number of hydrogen-bond acceptors (Lipinski definition) is 9. The molecule has 1 radical (unpaired) electrons. The number of aromatic hydroxyl groups is 2. The van der Waals surface area contributed by atoms with Gasteiger partial charge >= 0.3 is 0 Å². The Morgan fingerprint density at radius 1 is 0.946 bits per heavy atom. The summed E-state index contributed by atoms with van der Waals surface area (Å²) in [6, 6.07) is 17.3. The van der Waals surface area contributed by atoms with Crippen LogP contribution in [0.1, 0.15) is 10.4 Å². The molecular formula is C23H16N4NaO8S. The number of benzene rings is 4. The van der Waals surface area contributed by atoms with Crippen LogP contribution in [0, 0.1) is 10.1 Å². The predicted molar refractivity (Wildman–Crippen MR) is 135 cm³/mol. The van der Waals surface area contributed by atoms with Crippen LogP contribution in [0.15, 0.2) is 87.9 Å². The van der Waals surface area contributed by atoms with Crippen LogP contribution in [0.3, 0.4) is 0 Å². The number of carbonyl (C=O) groups excluding carboxylic acids is 1. The second-order valence-electron chi connectivity index (χ2n) is 7.40. The number of nitrogens with one attached hydrogen (secondary N) is 1. The monoisotopic (exact) mass is 531 g/mol. The minimum Gasteiger partial charge on any atom is -0.506 e. The number of nitro benzene ring substituents is 1. The Labute approximate surface area is 231 Å². The van der Waals surface area contributed by atoms with Crippen LogP contribution in [0.5, 0.6) is 11.5 Å². The Morgan fingerprint density at radius 3 is 2.30 bits per heavy atom. The Kier molecular flexibility index (Phi) is 8.25. The van der Waals surface area contributed by atoms with Crippen molar-refractivity contribution in [1.29, 1.82) is 0 Å². The first kappa shape index (κ1) is 27.7. The predicted octanol–water partition coefficient (Wildman–Crippen LogP) is 4.69. The Morgan fingerprint density at radius 2 is 1.65 bits per heavy atom. The molecule has 0 spiro atoms. The largest absolute Gasteiger partial charge is 0.506 e. The van der Waals surface area contributed by atoms with Crippen molar-refractivity contribution in [2.75, 3.05) is 5.32 Å². The molecule has 183 valence electrons. The zero-order chi connectivity index (χ0) is 26.0. The van der Waals surface area contributed by atoms with Gasteiger partial charge in [0.05, 0.1) is 10.6 Å². The molecule has 14 heteroatoms. The Bertz CT molecular complexity index is 1660. The maximum absolute atomic E-state index is 12.7. The van der Waals surface area contributed by atoms with Gasteiger partial charge in [-0.2, -0.15) is 8.42 Å². The number of carbonyl (C=O) groups is 1. The van der Waals surface area contributed by atoms with Gasteiger partial charge in [0.2, 0.25) is 0 Å². The maximum Gasteiger partial charge on any atom is 0.298 e. The van der Waals surface area contributed by atoms with Crippen LogP contribution in [-0.2, 0) is 10.1 Å². The standard InChI is InChI=1S/C23H16N4O8S.Na/c28-18-10-9-13-7-4-8-16(24-23(30)14-5-2-1-3-6-14)20(13)21(18)26-25-17-11-15(27(31)32)12-19(22(17)29)36(33,34)35;/h1-12,28-29H,(H,24,30)(H,33,34,35);. The van der Waals surface area contributed by atoms with E-state index in [9.17, 15) is 38.1 Å². The fraction of sp³-hybridized carbons (Fsp3) is 0. The molecular weight excluding hydrogens is 515 g/mol. The van der Waals surface area contributed by atoms with Crippen molar-refractivity contribution in [3.63, 3.8) is 0 Å². The molecule has 4 aromatic carbocycles. The summed E-state index contributed by atoms with van der Waals surface area (Å²) in [7, 11) is -5.04. The molecule has 0 aromatic heterocycles. The van der Waals surface area contributed by atoms with Crippen LogP contribution in [0.4, 0.5) is 22.7 Å². The fourth-order valence-electron chi connectivity index (χ4n) is 3.40. The minimum atomic E-state index is -5.04. The van der Waals surface area contributed by atoms with Gasteiger partial charge in [-0.05, 0) is 29.7 Å². The Hall–Kier alpha value is -3.88. The van der Waals surface area contributed by atoms with Gasteiger partial charge in [0, 0.05) is 52.6 Å². The number of phenols is 2. The Balaban J connectivity index is 0.00000380. The van der Waals surface area contributed by atoms with Crippen LogP contribution in [0.25, 0.3) is 10.8 Å². The van der Waals surface area contributed by atoms with Crippen molar-refractivity contribution in [1.82, 2.24) is 0 Å². The van der Waals surface area contributed by atoms with Gasteiger partial charge in [0.15, 0.2) is 5.75 Å². The number of hydrogen-bond donors (Lipinski definition) is 4. The van der Waals surface area contributed by atoms with Gasteiger partial charge in [-0.3, -0.25) is 19.5 Å². The van der Waals surface area contributed by atoms with Gasteiger partial charge in [-0.15, -0.1) is 10.2 Å². The van der Waals surface area contributed by atoms with Crippen LogP contribution in [0.2, 0.25) is 0 Å². The molecule has 4 aromatic rings. The first-order valence-electron chi connectivity index (χ1n) is 10.1.